The molecule has 0 aromatic heterocycles. The molecule has 3 nitrogen and oxygen atoms in total. The second kappa shape index (κ2) is 6.76. The highest BCUT2D eigenvalue weighted by Crippen LogP contribution is 2.25. The molecule has 1 atom stereocenters. The Morgan fingerprint density at radius 1 is 1.22 bits per heavy atom. The second-order valence-electron chi connectivity index (χ2n) is 4.90. The van der Waals surface area contributed by atoms with Crippen LogP contribution in [0.15, 0.2) is 24.3 Å². The first-order valence-electron chi connectivity index (χ1n) is 6.88. The minimum atomic E-state index is 0.0917. The molecular formula is C15H23NO2. The zero-order valence-electron chi connectivity index (χ0n) is 11.1. The van der Waals surface area contributed by atoms with Crippen LogP contribution >= 0.6 is 0 Å². The van der Waals surface area contributed by atoms with Gasteiger partial charge in [0.15, 0.2) is 0 Å². The monoisotopic (exact) mass is 249 g/mol. The van der Waals surface area contributed by atoms with Gasteiger partial charge >= 0.3 is 0 Å². The van der Waals surface area contributed by atoms with Gasteiger partial charge in [-0.2, -0.15) is 0 Å². The number of hydrogen-bond donors (Lipinski definition) is 1. The fraction of sp³-hybridized carbons (Fsp3) is 0.600. The van der Waals surface area contributed by atoms with Crippen molar-refractivity contribution in [3.05, 3.63) is 29.8 Å². The normalized spacial score (nSPS) is 17.9. The van der Waals surface area contributed by atoms with Crippen molar-refractivity contribution in [1.82, 2.24) is 0 Å². The lowest BCUT2D eigenvalue weighted by molar-refractivity contribution is 0.0717. The molecular weight excluding hydrogens is 226 g/mol. The van der Waals surface area contributed by atoms with Crippen LogP contribution < -0.4 is 10.5 Å². The van der Waals surface area contributed by atoms with Gasteiger partial charge in [-0.3, -0.25) is 0 Å². The van der Waals surface area contributed by atoms with Gasteiger partial charge < -0.3 is 15.2 Å². The highest BCUT2D eigenvalue weighted by molar-refractivity contribution is 5.28. The summed E-state index contributed by atoms with van der Waals surface area (Å²) in [7, 11) is 0. The molecule has 2 N–H and O–H groups in total. The number of ether oxygens (including phenoxy) is 2. The van der Waals surface area contributed by atoms with Crippen LogP contribution in [0.4, 0.5) is 0 Å². The summed E-state index contributed by atoms with van der Waals surface area (Å²) in [5, 5.41) is 0. The predicted octanol–water partition coefficient (Wildman–Crippen LogP) is 3.04. The Balaban J connectivity index is 1.88. The van der Waals surface area contributed by atoms with E-state index in [9.17, 15) is 0 Å². The van der Waals surface area contributed by atoms with E-state index >= 15 is 0 Å². The third-order valence-electron chi connectivity index (χ3n) is 3.44. The summed E-state index contributed by atoms with van der Waals surface area (Å²) >= 11 is 0. The summed E-state index contributed by atoms with van der Waals surface area (Å²) < 4.78 is 11.5. The standard InChI is InChI=1S/C15H23NO2/c1-12(17-11-10-16)13-6-8-15(9-7-13)18-14-4-2-3-5-14/h6-9,12,14H,2-5,10-11,16H2,1H3. The van der Waals surface area contributed by atoms with E-state index in [1.807, 2.05) is 19.1 Å². The summed E-state index contributed by atoms with van der Waals surface area (Å²) in [5.74, 6) is 0.969. The van der Waals surface area contributed by atoms with Crippen molar-refractivity contribution in [2.45, 2.75) is 44.8 Å². The van der Waals surface area contributed by atoms with Crippen molar-refractivity contribution < 1.29 is 9.47 Å². The van der Waals surface area contributed by atoms with Crippen LogP contribution in [-0.4, -0.2) is 19.3 Å². The maximum Gasteiger partial charge on any atom is 0.119 e. The van der Waals surface area contributed by atoms with Crippen molar-refractivity contribution in [3.63, 3.8) is 0 Å². The van der Waals surface area contributed by atoms with E-state index in [1.54, 1.807) is 0 Å². The molecule has 3 heteroatoms. The van der Waals surface area contributed by atoms with E-state index in [0.29, 0.717) is 19.3 Å². The zero-order chi connectivity index (χ0) is 12.8. The van der Waals surface area contributed by atoms with Gasteiger partial charge in [0.05, 0.1) is 18.8 Å². The molecule has 0 amide bonds. The maximum atomic E-state index is 5.93. The highest BCUT2D eigenvalue weighted by atomic mass is 16.5. The zero-order valence-corrected chi connectivity index (χ0v) is 11.1. The number of hydrogen-bond acceptors (Lipinski definition) is 3. The third kappa shape index (κ3) is 3.72. The van der Waals surface area contributed by atoms with Gasteiger partial charge in [-0.15, -0.1) is 0 Å². The molecule has 1 aliphatic carbocycles. The molecule has 1 aromatic carbocycles. The van der Waals surface area contributed by atoms with E-state index in [-0.39, 0.29) is 6.10 Å². The van der Waals surface area contributed by atoms with Gasteiger partial charge in [0, 0.05) is 6.54 Å². The number of benzene rings is 1. The van der Waals surface area contributed by atoms with Gasteiger partial charge in [0.25, 0.3) is 0 Å². The molecule has 100 valence electrons. The van der Waals surface area contributed by atoms with Crippen LogP contribution in [-0.2, 0) is 4.74 Å². The molecule has 18 heavy (non-hydrogen) atoms. The molecule has 2 rings (SSSR count). The molecule has 1 aromatic rings. The maximum absolute atomic E-state index is 5.93. The van der Waals surface area contributed by atoms with E-state index < -0.39 is 0 Å². The lowest BCUT2D eigenvalue weighted by atomic mass is 10.1. The number of rotatable bonds is 6. The molecule has 0 heterocycles. The molecule has 1 saturated carbocycles. The van der Waals surface area contributed by atoms with E-state index in [0.717, 1.165) is 5.75 Å². The average Bonchev–Trinajstić information content (AvgIpc) is 2.89. The molecule has 0 spiro atoms. The predicted molar refractivity (Wildman–Crippen MR) is 72.7 cm³/mol. The van der Waals surface area contributed by atoms with Crippen LogP contribution in [0, 0.1) is 0 Å². The summed E-state index contributed by atoms with van der Waals surface area (Å²) in [6, 6.07) is 8.23. The Morgan fingerprint density at radius 3 is 2.50 bits per heavy atom. The van der Waals surface area contributed by atoms with Crippen molar-refractivity contribution >= 4 is 0 Å². The summed E-state index contributed by atoms with van der Waals surface area (Å²) in [6.45, 7) is 3.21. The van der Waals surface area contributed by atoms with Gasteiger partial charge in [0.1, 0.15) is 5.75 Å². The minimum Gasteiger partial charge on any atom is -0.490 e. The van der Waals surface area contributed by atoms with Crippen LogP contribution in [0.1, 0.15) is 44.3 Å². The molecule has 1 unspecified atom stereocenters. The van der Waals surface area contributed by atoms with Crippen molar-refractivity contribution in [2.24, 2.45) is 5.73 Å². The molecule has 0 aliphatic heterocycles. The minimum absolute atomic E-state index is 0.0917. The first-order valence-corrected chi connectivity index (χ1v) is 6.88. The Labute approximate surface area is 109 Å². The average molecular weight is 249 g/mol. The van der Waals surface area contributed by atoms with Crippen LogP contribution in [0.3, 0.4) is 0 Å². The van der Waals surface area contributed by atoms with Crippen LogP contribution in [0.25, 0.3) is 0 Å². The molecule has 0 saturated heterocycles. The van der Waals surface area contributed by atoms with Crippen LogP contribution in [0.5, 0.6) is 5.75 Å². The number of nitrogens with two attached hydrogens (primary N) is 1. The van der Waals surface area contributed by atoms with E-state index in [1.165, 1.54) is 31.2 Å². The Morgan fingerprint density at radius 2 is 1.89 bits per heavy atom. The highest BCUT2D eigenvalue weighted by Gasteiger charge is 2.16. The lowest BCUT2D eigenvalue weighted by Crippen LogP contribution is -2.12. The first-order chi connectivity index (χ1) is 8.79. The molecule has 0 bridgehead atoms. The molecule has 0 radical (unpaired) electrons. The fourth-order valence-corrected chi connectivity index (χ4v) is 2.36. The van der Waals surface area contributed by atoms with E-state index in [4.69, 9.17) is 15.2 Å². The molecule has 1 fully saturated rings. The Bertz CT molecular complexity index is 344. The fourth-order valence-electron chi connectivity index (χ4n) is 2.36. The van der Waals surface area contributed by atoms with Gasteiger partial charge in [0.2, 0.25) is 0 Å². The van der Waals surface area contributed by atoms with Gasteiger partial charge in [-0.25, -0.2) is 0 Å². The van der Waals surface area contributed by atoms with Gasteiger partial charge in [-0.1, -0.05) is 12.1 Å². The Hall–Kier alpha value is -1.06. The summed E-state index contributed by atoms with van der Waals surface area (Å²) in [4.78, 5) is 0. The van der Waals surface area contributed by atoms with E-state index in [2.05, 4.69) is 12.1 Å². The quantitative estimate of drug-likeness (QED) is 0.842. The van der Waals surface area contributed by atoms with Gasteiger partial charge in [-0.05, 0) is 50.3 Å². The lowest BCUT2D eigenvalue weighted by Gasteiger charge is -2.15. The topological polar surface area (TPSA) is 44.5 Å². The smallest absolute Gasteiger partial charge is 0.119 e. The van der Waals surface area contributed by atoms with Crippen molar-refractivity contribution in [1.29, 1.82) is 0 Å². The SMILES string of the molecule is CC(OCCN)c1ccc(OC2CCCC2)cc1. The van der Waals surface area contributed by atoms with Crippen molar-refractivity contribution in [2.75, 3.05) is 13.2 Å². The first kappa shape index (κ1) is 13.4. The largest absolute Gasteiger partial charge is 0.490 e. The summed E-state index contributed by atoms with van der Waals surface area (Å²) in [5.41, 5.74) is 6.59. The van der Waals surface area contributed by atoms with Crippen LogP contribution in [0.2, 0.25) is 0 Å². The Kier molecular flexibility index (Phi) is 5.02. The van der Waals surface area contributed by atoms with Crippen molar-refractivity contribution in [3.8, 4) is 5.75 Å². The second-order valence-corrected chi connectivity index (χ2v) is 4.90. The summed E-state index contributed by atoms with van der Waals surface area (Å²) in [6.07, 6.45) is 5.49. The third-order valence-corrected chi connectivity index (χ3v) is 3.44. The molecule has 1 aliphatic rings.